The molecule has 3 rings (SSSR count). The number of nitrogens with one attached hydrogen (secondary N) is 2. The third-order valence-corrected chi connectivity index (χ3v) is 4.95. The molecule has 1 fully saturated rings. The maximum atomic E-state index is 12.3. The van der Waals surface area contributed by atoms with Gasteiger partial charge in [-0.15, -0.1) is 0 Å². The summed E-state index contributed by atoms with van der Waals surface area (Å²) in [4.78, 5) is 33.6. The van der Waals surface area contributed by atoms with E-state index < -0.39 is 0 Å². The third-order valence-electron chi connectivity index (χ3n) is 4.95. The molecule has 1 aliphatic heterocycles. The summed E-state index contributed by atoms with van der Waals surface area (Å²) < 4.78 is 1.83. The maximum absolute atomic E-state index is 12.3. The first-order chi connectivity index (χ1) is 12.4. The Morgan fingerprint density at radius 1 is 1.38 bits per heavy atom. The molecular formula is C18H26N6O2. The van der Waals surface area contributed by atoms with Gasteiger partial charge in [-0.25, -0.2) is 4.98 Å². The molecule has 1 saturated heterocycles. The molecule has 1 atom stereocenters. The lowest BCUT2D eigenvalue weighted by Gasteiger charge is -2.33. The normalized spacial score (nSPS) is 17.3. The first-order valence-corrected chi connectivity index (χ1v) is 9.04. The lowest BCUT2D eigenvalue weighted by atomic mass is 10.1. The minimum absolute atomic E-state index is 0.0216. The molecule has 0 saturated carbocycles. The Morgan fingerprint density at radius 3 is 2.88 bits per heavy atom. The third kappa shape index (κ3) is 4.12. The summed E-state index contributed by atoms with van der Waals surface area (Å²) in [5.41, 5.74) is 2.33. The molecule has 3 heterocycles. The van der Waals surface area contributed by atoms with Gasteiger partial charge in [0.2, 0.25) is 11.9 Å². The van der Waals surface area contributed by atoms with E-state index in [1.807, 2.05) is 29.5 Å². The van der Waals surface area contributed by atoms with Crippen LogP contribution in [0.4, 0.5) is 5.95 Å². The van der Waals surface area contributed by atoms with Gasteiger partial charge < -0.3 is 10.2 Å². The summed E-state index contributed by atoms with van der Waals surface area (Å²) in [6.45, 7) is 7.64. The van der Waals surface area contributed by atoms with E-state index in [4.69, 9.17) is 0 Å². The SMILES string of the molecule is Cc1nc(N2CCC[C@H](NC(=O)CCn3nccc3C)C2)[nH]c(=O)c1C. The number of aromatic amines is 1. The number of anilines is 1. The Balaban J connectivity index is 1.57. The Kier molecular flexibility index (Phi) is 5.39. The van der Waals surface area contributed by atoms with Gasteiger partial charge in [-0.3, -0.25) is 19.3 Å². The van der Waals surface area contributed by atoms with E-state index in [-0.39, 0.29) is 17.5 Å². The fourth-order valence-electron chi connectivity index (χ4n) is 3.21. The lowest BCUT2D eigenvalue weighted by Crippen LogP contribution is -2.48. The molecule has 2 aromatic rings. The van der Waals surface area contributed by atoms with Gasteiger partial charge in [0.05, 0.1) is 0 Å². The van der Waals surface area contributed by atoms with E-state index in [1.54, 1.807) is 13.1 Å². The highest BCUT2D eigenvalue weighted by atomic mass is 16.1. The number of aromatic nitrogens is 4. The van der Waals surface area contributed by atoms with E-state index in [2.05, 4.69) is 20.4 Å². The van der Waals surface area contributed by atoms with Crippen molar-refractivity contribution in [2.75, 3.05) is 18.0 Å². The molecule has 0 radical (unpaired) electrons. The molecule has 1 amide bonds. The van der Waals surface area contributed by atoms with Crippen molar-refractivity contribution in [1.29, 1.82) is 0 Å². The fourth-order valence-corrected chi connectivity index (χ4v) is 3.21. The van der Waals surface area contributed by atoms with Gasteiger partial charge >= 0.3 is 0 Å². The second-order valence-electron chi connectivity index (χ2n) is 6.90. The van der Waals surface area contributed by atoms with Crippen LogP contribution in [-0.4, -0.2) is 44.8 Å². The zero-order valence-corrected chi connectivity index (χ0v) is 15.6. The van der Waals surface area contributed by atoms with E-state index in [0.717, 1.165) is 30.8 Å². The van der Waals surface area contributed by atoms with Gasteiger partial charge in [-0.05, 0) is 39.7 Å². The average Bonchev–Trinajstić information content (AvgIpc) is 3.02. The standard InChI is InChI=1S/C18H26N6O2/c1-12-6-8-19-24(12)10-7-16(25)21-15-5-4-9-23(11-15)18-20-14(3)13(2)17(26)22-18/h6,8,15H,4-5,7,9-11H2,1-3H3,(H,21,25)(H,20,22,26)/t15-/m0/s1. The molecular weight excluding hydrogens is 332 g/mol. The van der Waals surface area contributed by atoms with Crippen LogP contribution in [0.3, 0.4) is 0 Å². The second-order valence-corrected chi connectivity index (χ2v) is 6.90. The minimum atomic E-state index is -0.103. The van der Waals surface area contributed by atoms with Gasteiger partial charge in [-0.2, -0.15) is 5.10 Å². The smallest absolute Gasteiger partial charge is 0.255 e. The molecule has 1 aliphatic rings. The number of hydrogen-bond donors (Lipinski definition) is 2. The largest absolute Gasteiger partial charge is 0.352 e. The molecule has 8 nitrogen and oxygen atoms in total. The summed E-state index contributed by atoms with van der Waals surface area (Å²) >= 11 is 0. The van der Waals surface area contributed by atoms with Crippen LogP contribution < -0.4 is 15.8 Å². The number of aryl methyl sites for hydroxylation is 3. The first kappa shape index (κ1) is 18.2. The Morgan fingerprint density at radius 2 is 2.19 bits per heavy atom. The number of carbonyl (C=O) groups excluding carboxylic acids is 1. The molecule has 0 unspecified atom stereocenters. The van der Waals surface area contributed by atoms with Crippen LogP contribution in [0.1, 0.15) is 36.2 Å². The van der Waals surface area contributed by atoms with Crippen LogP contribution in [0, 0.1) is 20.8 Å². The van der Waals surface area contributed by atoms with Crippen molar-refractivity contribution in [2.24, 2.45) is 0 Å². The van der Waals surface area contributed by atoms with Crippen molar-refractivity contribution in [3.05, 3.63) is 39.6 Å². The van der Waals surface area contributed by atoms with E-state index in [9.17, 15) is 9.59 Å². The molecule has 0 spiro atoms. The highest BCUT2D eigenvalue weighted by Gasteiger charge is 2.23. The van der Waals surface area contributed by atoms with Gasteiger partial charge in [-0.1, -0.05) is 0 Å². The van der Waals surface area contributed by atoms with E-state index >= 15 is 0 Å². The predicted octanol–water partition coefficient (Wildman–Crippen LogP) is 1.07. The molecule has 2 aromatic heterocycles. The lowest BCUT2D eigenvalue weighted by molar-refractivity contribution is -0.122. The van der Waals surface area contributed by atoms with Gasteiger partial charge in [0, 0.05) is 55.2 Å². The molecule has 0 aromatic carbocycles. The zero-order valence-electron chi connectivity index (χ0n) is 15.6. The molecule has 8 heteroatoms. The quantitative estimate of drug-likeness (QED) is 0.833. The number of H-pyrrole nitrogens is 1. The predicted molar refractivity (Wildman–Crippen MR) is 99.3 cm³/mol. The summed E-state index contributed by atoms with van der Waals surface area (Å²) in [5.74, 6) is 0.609. The summed E-state index contributed by atoms with van der Waals surface area (Å²) in [5, 5.41) is 7.30. The van der Waals surface area contributed by atoms with Crippen LogP contribution in [0.2, 0.25) is 0 Å². The topological polar surface area (TPSA) is 95.9 Å². The van der Waals surface area contributed by atoms with Crippen molar-refractivity contribution in [1.82, 2.24) is 25.1 Å². The number of carbonyl (C=O) groups is 1. The maximum Gasteiger partial charge on any atom is 0.255 e. The number of rotatable bonds is 5. The highest BCUT2D eigenvalue weighted by Crippen LogP contribution is 2.16. The van der Waals surface area contributed by atoms with Crippen LogP contribution in [0.5, 0.6) is 0 Å². The van der Waals surface area contributed by atoms with E-state index in [1.165, 1.54) is 0 Å². The Labute approximate surface area is 152 Å². The van der Waals surface area contributed by atoms with Crippen molar-refractivity contribution >= 4 is 11.9 Å². The second kappa shape index (κ2) is 7.72. The van der Waals surface area contributed by atoms with Gasteiger partial charge in [0.15, 0.2) is 0 Å². The molecule has 0 aliphatic carbocycles. The number of nitrogens with zero attached hydrogens (tertiary/aromatic N) is 4. The van der Waals surface area contributed by atoms with Crippen LogP contribution in [0.15, 0.2) is 17.1 Å². The fraction of sp³-hybridized carbons (Fsp3) is 0.556. The van der Waals surface area contributed by atoms with Crippen LogP contribution >= 0.6 is 0 Å². The first-order valence-electron chi connectivity index (χ1n) is 9.04. The van der Waals surface area contributed by atoms with Crippen molar-refractivity contribution in [3.63, 3.8) is 0 Å². The minimum Gasteiger partial charge on any atom is -0.352 e. The van der Waals surface area contributed by atoms with Crippen LogP contribution in [0.25, 0.3) is 0 Å². The van der Waals surface area contributed by atoms with E-state index in [0.29, 0.717) is 31.0 Å². The molecule has 26 heavy (non-hydrogen) atoms. The molecule has 2 N–H and O–H groups in total. The van der Waals surface area contributed by atoms with Gasteiger partial charge in [0.1, 0.15) is 0 Å². The van der Waals surface area contributed by atoms with Gasteiger partial charge in [0.25, 0.3) is 5.56 Å². The number of amides is 1. The van der Waals surface area contributed by atoms with Crippen molar-refractivity contribution in [3.8, 4) is 0 Å². The Hall–Kier alpha value is -2.64. The van der Waals surface area contributed by atoms with Crippen molar-refractivity contribution in [2.45, 2.75) is 52.6 Å². The van der Waals surface area contributed by atoms with Crippen molar-refractivity contribution < 1.29 is 4.79 Å². The zero-order chi connectivity index (χ0) is 18.7. The summed E-state index contributed by atoms with van der Waals surface area (Å²) in [7, 11) is 0. The highest BCUT2D eigenvalue weighted by molar-refractivity contribution is 5.76. The molecule has 140 valence electrons. The summed E-state index contributed by atoms with van der Waals surface area (Å²) in [6.07, 6.45) is 4.01. The summed E-state index contributed by atoms with van der Waals surface area (Å²) in [6, 6.07) is 1.98. The van der Waals surface area contributed by atoms with Crippen LogP contribution in [-0.2, 0) is 11.3 Å². The number of hydrogen-bond acceptors (Lipinski definition) is 5. The number of piperidine rings is 1. The molecule has 0 bridgehead atoms. The average molecular weight is 358 g/mol. The monoisotopic (exact) mass is 358 g/mol. The Bertz CT molecular complexity index is 840.